The molecule has 4 rings (SSSR count). The maximum absolute atomic E-state index is 5.99. The molecule has 0 aliphatic carbocycles. The fraction of sp³-hybridized carbons (Fsp3) is 0.182. The Balaban J connectivity index is 1.95. The van der Waals surface area contributed by atoms with Gasteiger partial charge in [0.25, 0.3) is 0 Å². The van der Waals surface area contributed by atoms with Crippen molar-refractivity contribution in [2.75, 3.05) is 0 Å². The minimum absolute atomic E-state index is 0.173. The maximum atomic E-state index is 5.99. The van der Waals surface area contributed by atoms with Gasteiger partial charge < -0.3 is 4.42 Å². The molecule has 0 aliphatic heterocycles. The van der Waals surface area contributed by atoms with Crippen LogP contribution >= 0.6 is 0 Å². The molecule has 0 radical (unpaired) electrons. The summed E-state index contributed by atoms with van der Waals surface area (Å²) in [6.07, 6.45) is 0. The van der Waals surface area contributed by atoms with E-state index < -0.39 is 0 Å². The molecule has 0 unspecified atom stereocenters. The molecule has 114 valence electrons. The standard InChI is InChI=1S/C22H20O/c1-22(2,3)16-13-11-15(12-14-16)17-8-6-10-20-21(17)18-7-4-5-9-19(18)23-20/h4-14H,1-3H3. The maximum Gasteiger partial charge on any atom is 0.136 e. The van der Waals surface area contributed by atoms with Gasteiger partial charge in [0.15, 0.2) is 0 Å². The van der Waals surface area contributed by atoms with E-state index in [4.69, 9.17) is 4.42 Å². The largest absolute Gasteiger partial charge is 0.456 e. The van der Waals surface area contributed by atoms with Crippen LogP contribution in [0, 0.1) is 0 Å². The smallest absolute Gasteiger partial charge is 0.136 e. The number of para-hydroxylation sites is 1. The first kappa shape index (κ1) is 14.1. The van der Waals surface area contributed by atoms with Crippen molar-refractivity contribution >= 4 is 21.9 Å². The van der Waals surface area contributed by atoms with Crippen LogP contribution in [0.3, 0.4) is 0 Å². The summed E-state index contributed by atoms with van der Waals surface area (Å²) >= 11 is 0. The Labute approximate surface area is 136 Å². The Morgan fingerprint density at radius 2 is 1.39 bits per heavy atom. The summed E-state index contributed by atoms with van der Waals surface area (Å²) in [5.41, 5.74) is 5.88. The summed E-state index contributed by atoms with van der Waals surface area (Å²) < 4.78 is 5.99. The highest BCUT2D eigenvalue weighted by Gasteiger charge is 2.15. The van der Waals surface area contributed by atoms with Crippen LogP contribution in [-0.2, 0) is 5.41 Å². The van der Waals surface area contributed by atoms with Crippen LogP contribution in [0.1, 0.15) is 26.3 Å². The van der Waals surface area contributed by atoms with Crippen LogP contribution in [0.25, 0.3) is 33.1 Å². The second-order valence-corrected chi connectivity index (χ2v) is 7.10. The van der Waals surface area contributed by atoms with E-state index in [0.717, 1.165) is 11.2 Å². The fourth-order valence-electron chi connectivity index (χ4n) is 3.16. The van der Waals surface area contributed by atoms with E-state index >= 15 is 0 Å². The number of hydrogen-bond donors (Lipinski definition) is 0. The number of fused-ring (bicyclic) bond motifs is 3. The molecule has 1 aromatic heterocycles. The van der Waals surface area contributed by atoms with Crippen LogP contribution in [-0.4, -0.2) is 0 Å². The first-order chi connectivity index (χ1) is 11.0. The van der Waals surface area contributed by atoms with E-state index in [2.05, 4.69) is 69.3 Å². The highest BCUT2D eigenvalue weighted by atomic mass is 16.3. The molecule has 3 aromatic carbocycles. The lowest BCUT2D eigenvalue weighted by molar-refractivity contribution is 0.590. The quantitative estimate of drug-likeness (QED) is 0.388. The Hall–Kier alpha value is -2.54. The van der Waals surface area contributed by atoms with E-state index in [1.165, 1.54) is 27.5 Å². The molecule has 4 aromatic rings. The summed E-state index contributed by atoms with van der Waals surface area (Å²) in [4.78, 5) is 0. The zero-order valence-electron chi connectivity index (χ0n) is 13.8. The lowest BCUT2D eigenvalue weighted by atomic mass is 9.86. The van der Waals surface area contributed by atoms with Crippen molar-refractivity contribution in [3.63, 3.8) is 0 Å². The summed E-state index contributed by atoms with van der Waals surface area (Å²) in [7, 11) is 0. The van der Waals surface area contributed by atoms with Gasteiger partial charge in [-0.2, -0.15) is 0 Å². The molecule has 0 fully saturated rings. The van der Waals surface area contributed by atoms with Crippen LogP contribution < -0.4 is 0 Å². The topological polar surface area (TPSA) is 13.1 Å². The summed E-state index contributed by atoms with van der Waals surface area (Å²) in [6, 6.07) is 23.4. The second-order valence-electron chi connectivity index (χ2n) is 7.10. The van der Waals surface area contributed by atoms with Gasteiger partial charge in [-0.1, -0.05) is 75.4 Å². The zero-order chi connectivity index (χ0) is 16.0. The van der Waals surface area contributed by atoms with Crippen molar-refractivity contribution in [3.8, 4) is 11.1 Å². The number of furan rings is 1. The van der Waals surface area contributed by atoms with Crippen molar-refractivity contribution in [2.45, 2.75) is 26.2 Å². The highest BCUT2D eigenvalue weighted by molar-refractivity contribution is 6.12. The average molecular weight is 300 g/mol. The van der Waals surface area contributed by atoms with Gasteiger partial charge in [0.1, 0.15) is 11.2 Å². The minimum Gasteiger partial charge on any atom is -0.456 e. The monoisotopic (exact) mass is 300 g/mol. The van der Waals surface area contributed by atoms with Gasteiger partial charge in [-0.3, -0.25) is 0 Å². The molecule has 0 N–H and O–H groups in total. The van der Waals surface area contributed by atoms with Crippen molar-refractivity contribution in [3.05, 3.63) is 72.3 Å². The first-order valence-electron chi connectivity index (χ1n) is 8.05. The molecule has 1 nitrogen and oxygen atoms in total. The molecule has 0 aliphatic rings. The summed E-state index contributed by atoms with van der Waals surface area (Å²) in [6.45, 7) is 6.73. The molecule has 0 amide bonds. The van der Waals surface area contributed by atoms with E-state index in [0.29, 0.717) is 0 Å². The van der Waals surface area contributed by atoms with Crippen molar-refractivity contribution in [1.29, 1.82) is 0 Å². The zero-order valence-corrected chi connectivity index (χ0v) is 13.8. The van der Waals surface area contributed by atoms with Gasteiger partial charge in [0.05, 0.1) is 0 Å². The third-order valence-electron chi connectivity index (χ3n) is 4.46. The van der Waals surface area contributed by atoms with E-state index in [1.807, 2.05) is 18.2 Å². The van der Waals surface area contributed by atoms with Gasteiger partial charge in [-0.25, -0.2) is 0 Å². The Morgan fingerprint density at radius 1 is 0.696 bits per heavy atom. The molecular formula is C22H20O. The van der Waals surface area contributed by atoms with Crippen LogP contribution in [0.5, 0.6) is 0 Å². The van der Waals surface area contributed by atoms with Gasteiger partial charge in [0.2, 0.25) is 0 Å². The van der Waals surface area contributed by atoms with Gasteiger partial charge >= 0.3 is 0 Å². The molecule has 0 atom stereocenters. The van der Waals surface area contributed by atoms with Crippen molar-refractivity contribution in [2.24, 2.45) is 0 Å². The number of benzene rings is 3. The molecule has 1 heterocycles. The van der Waals surface area contributed by atoms with Crippen molar-refractivity contribution < 1.29 is 4.42 Å². The van der Waals surface area contributed by atoms with E-state index in [1.54, 1.807) is 0 Å². The molecule has 1 heteroatoms. The van der Waals surface area contributed by atoms with Gasteiger partial charge in [0, 0.05) is 10.8 Å². The average Bonchev–Trinajstić information content (AvgIpc) is 2.93. The lowest BCUT2D eigenvalue weighted by Gasteiger charge is -2.19. The molecule has 0 bridgehead atoms. The summed E-state index contributed by atoms with van der Waals surface area (Å²) in [5, 5.41) is 2.38. The third-order valence-corrected chi connectivity index (χ3v) is 4.46. The minimum atomic E-state index is 0.173. The fourth-order valence-corrected chi connectivity index (χ4v) is 3.16. The first-order valence-corrected chi connectivity index (χ1v) is 8.05. The normalized spacial score (nSPS) is 12.1. The highest BCUT2D eigenvalue weighted by Crippen LogP contribution is 2.37. The lowest BCUT2D eigenvalue weighted by Crippen LogP contribution is -2.10. The van der Waals surface area contributed by atoms with Crippen LogP contribution in [0.2, 0.25) is 0 Å². The summed E-state index contributed by atoms with van der Waals surface area (Å²) in [5.74, 6) is 0. The van der Waals surface area contributed by atoms with Crippen LogP contribution in [0.15, 0.2) is 71.1 Å². The molecule has 0 saturated carbocycles. The molecule has 0 spiro atoms. The van der Waals surface area contributed by atoms with Gasteiger partial charge in [-0.05, 0) is 34.2 Å². The molecule has 23 heavy (non-hydrogen) atoms. The predicted molar refractivity (Wildman–Crippen MR) is 97.9 cm³/mol. The van der Waals surface area contributed by atoms with Crippen LogP contribution in [0.4, 0.5) is 0 Å². The Kier molecular flexibility index (Phi) is 3.05. The number of rotatable bonds is 1. The van der Waals surface area contributed by atoms with Gasteiger partial charge in [-0.15, -0.1) is 0 Å². The number of hydrogen-bond acceptors (Lipinski definition) is 1. The molecular weight excluding hydrogens is 280 g/mol. The third kappa shape index (κ3) is 2.33. The second kappa shape index (κ2) is 4.99. The molecule has 0 saturated heterocycles. The predicted octanol–water partition coefficient (Wildman–Crippen LogP) is 6.55. The Morgan fingerprint density at radius 3 is 2.13 bits per heavy atom. The SMILES string of the molecule is CC(C)(C)c1ccc(-c2cccc3oc4ccccc4c23)cc1. The van der Waals surface area contributed by atoms with E-state index in [-0.39, 0.29) is 5.41 Å². The Bertz CT molecular complexity index is 982. The van der Waals surface area contributed by atoms with E-state index in [9.17, 15) is 0 Å². The van der Waals surface area contributed by atoms with Crippen molar-refractivity contribution in [1.82, 2.24) is 0 Å².